The summed E-state index contributed by atoms with van der Waals surface area (Å²) in [5.74, 6) is 1.82. The van der Waals surface area contributed by atoms with Crippen molar-refractivity contribution in [3.8, 4) is 22.8 Å². The molecule has 2 aromatic heterocycles. The summed E-state index contributed by atoms with van der Waals surface area (Å²) in [7, 11) is 0. The topological polar surface area (TPSA) is 73.9 Å². The maximum Gasteiger partial charge on any atom is 0.146 e. The number of pyridine rings is 1. The van der Waals surface area contributed by atoms with Crippen molar-refractivity contribution in [3.05, 3.63) is 61.2 Å². The van der Waals surface area contributed by atoms with Crippen LogP contribution >= 0.6 is 0 Å². The minimum Gasteiger partial charge on any atom is -0.456 e. The molecule has 98 valence electrons. The van der Waals surface area contributed by atoms with E-state index in [1.165, 1.54) is 6.33 Å². The van der Waals surface area contributed by atoms with Gasteiger partial charge in [-0.2, -0.15) is 0 Å². The first-order valence-electron chi connectivity index (χ1n) is 6.07. The molecule has 0 fully saturated rings. The quantitative estimate of drug-likeness (QED) is 0.787. The molecule has 20 heavy (non-hydrogen) atoms. The summed E-state index contributed by atoms with van der Waals surface area (Å²) < 4.78 is 5.73. The van der Waals surface area contributed by atoms with E-state index >= 15 is 0 Å². The number of nitrogens with zero attached hydrogens (tertiary/aromatic N) is 3. The van der Waals surface area contributed by atoms with E-state index in [1.54, 1.807) is 18.5 Å². The predicted octanol–water partition coefficient (Wildman–Crippen LogP) is 2.91. The van der Waals surface area contributed by atoms with Crippen molar-refractivity contribution < 1.29 is 4.74 Å². The lowest BCUT2D eigenvalue weighted by molar-refractivity contribution is 0.480. The molecule has 3 rings (SSSR count). The number of anilines is 1. The Morgan fingerprint density at radius 3 is 2.55 bits per heavy atom. The molecule has 1 aromatic carbocycles. The Morgan fingerprint density at radius 1 is 0.900 bits per heavy atom. The average Bonchev–Trinajstić information content (AvgIpc) is 2.49. The van der Waals surface area contributed by atoms with Gasteiger partial charge in [-0.15, -0.1) is 0 Å². The van der Waals surface area contributed by atoms with Crippen LogP contribution in [0.2, 0.25) is 0 Å². The molecule has 0 saturated heterocycles. The van der Waals surface area contributed by atoms with Crippen molar-refractivity contribution in [2.45, 2.75) is 0 Å². The molecule has 2 N–H and O–H groups in total. The normalized spacial score (nSPS) is 10.2. The van der Waals surface area contributed by atoms with Gasteiger partial charge < -0.3 is 10.5 Å². The lowest BCUT2D eigenvalue weighted by atomic mass is 10.2. The number of nitrogen functional groups attached to an aromatic ring is 1. The van der Waals surface area contributed by atoms with Crippen LogP contribution in [-0.4, -0.2) is 15.0 Å². The van der Waals surface area contributed by atoms with Crippen molar-refractivity contribution >= 4 is 5.82 Å². The fourth-order valence-corrected chi connectivity index (χ4v) is 1.77. The summed E-state index contributed by atoms with van der Waals surface area (Å²) in [4.78, 5) is 12.2. The van der Waals surface area contributed by atoms with E-state index in [9.17, 15) is 0 Å². The van der Waals surface area contributed by atoms with E-state index < -0.39 is 0 Å². The number of hydrogen-bond donors (Lipinski definition) is 1. The van der Waals surface area contributed by atoms with Gasteiger partial charge in [0.15, 0.2) is 0 Å². The molecule has 0 spiro atoms. The molecule has 0 saturated carbocycles. The van der Waals surface area contributed by atoms with E-state index in [0.717, 1.165) is 11.3 Å². The number of para-hydroxylation sites is 1. The number of hydrogen-bond acceptors (Lipinski definition) is 5. The van der Waals surface area contributed by atoms with Gasteiger partial charge >= 0.3 is 0 Å². The predicted molar refractivity (Wildman–Crippen MR) is 76.2 cm³/mol. The molecular formula is C15H12N4O. The summed E-state index contributed by atoms with van der Waals surface area (Å²) in [6, 6.07) is 13.1. The van der Waals surface area contributed by atoms with Gasteiger partial charge in [-0.05, 0) is 18.2 Å². The molecule has 0 aliphatic heterocycles. The third-order valence-electron chi connectivity index (χ3n) is 2.68. The standard InChI is InChI=1S/C15H12N4O/c16-15-7-14(18-10-19-15)11-6-13(9-17-8-11)20-12-4-2-1-3-5-12/h1-10H,(H2,16,18,19). The SMILES string of the molecule is Nc1cc(-c2cncc(Oc3ccccc3)c2)ncn1. The molecule has 5 heteroatoms. The molecule has 0 unspecified atom stereocenters. The van der Waals surface area contributed by atoms with E-state index in [-0.39, 0.29) is 0 Å². The molecule has 2 heterocycles. The Balaban J connectivity index is 1.90. The molecular weight excluding hydrogens is 252 g/mol. The monoisotopic (exact) mass is 264 g/mol. The van der Waals surface area contributed by atoms with Gasteiger partial charge in [0, 0.05) is 17.8 Å². The van der Waals surface area contributed by atoms with Crippen LogP contribution in [0.3, 0.4) is 0 Å². The molecule has 0 aliphatic carbocycles. The zero-order chi connectivity index (χ0) is 13.8. The first-order valence-corrected chi connectivity index (χ1v) is 6.07. The number of aromatic nitrogens is 3. The van der Waals surface area contributed by atoms with Crippen LogP contribution in [0.4, 0.5) is 5.82 Å². The second kappa shape index (κ2) is 5.36. The Labute approximate surface area is 116 Å². The third kappa shape index (κ3) is 2.72. The van der Waals surface area contributed by atoms with Gasteiger partial charge in [-0.3, -0.25) is 4.98 Å². The van der Waals surface area contributed by atoms with Crippen LogP contribution in [0.25, 0.3) is 11.3 Å². The minimum absolute atomic E-state index is 0.421. The van der Waals surface area contributed by atoms with E-state index in [0.29, 0.717) is 17.3 Å². The largest absolute Gasteiger partial charge is 0.456 e. The van der Waals surface area contributed by atoms with Gasteiger partial charge in [0.25, 0.3) is 0 Å². The van der Waals surface area contributed by atoms with Gasteiger partial charge in [-0.1, -0.05) is 18.2 Å². The van der Waals surface area contributed by atoms with Gasteiger partial charge in [0.1, 0.15) is 23.6 Å². The zero-order valence-corrected chi connectivity index (χ0v) is 10.6. The summed E-state index contributed by atoms with van der Waals surface area (Å²) in [6.45, 7) is 0. The highest BCUT2D eigenvalue weighted by molar-refractivity contribution is 5.62. The van der Waals surface area contributed by atoms with Crippen LogP contribution in [0, 0.1) is 0 Å². The first kappa shape index (κ1) is 12.1. The zero-order valence-electron chi connectivity index (χ0n) is 10.6. The minimum atomic E-state index is 0.421. The van der Waals surface area contributed by atoms with E-state index in [4.69, 9.17) is 10.5 Å². The highest BCUT2D eigenvalue weighted by atomic mass is 16.5. The van der Waals surface area contributed by atoms with Crippen molar-refractivity contribution in [3.63, 3.8) is 0 Å². The summed E-state index contributed by atoms with van der Waals surface area (Å²) in [5.41, 5.74) is 7.19. The highest BCUT2D eigenvalue weighted by Crippen LogP contribution is 2.25. The van der Waals surface area contributed by atoms with Crippen LogP contribution in [0.15, 0.2) is 61.2 Å². The van der Waals surface area contributed by atoms with Gasteiger partial charge in [0.05, 0.1) is 11.9 Å². The molecule has 0 aliphatic rings. The van der Waals surface area contributed by atoms with Gasteiger partial charge in [0.2, 0.25) is 0 Å². The molecule has 0 atom stereocenters. The van der Waals surface area contributed by atoms with Crippen molar-refractivity contribution in [2.24, 2.45) is 0 Å². The van der Waals surface area contributed by atoms with Crippen LogP contribution in [0.1, 0.15) is 0 Å². The van der Waals surface area contributed by atoms with Crippen molar-refractivity contribution in [1.82, 2.24) is 15.0 Å². The van der Waals surface area contributed by atoms with Crippen LogP contribution in [-0.2, 0) is 0 Å². The summed E-state index contributed by atoms with van der Waals surface area (Å²) >= 11 is 0. The Bertz CT molecular complexity index is 716. The first-order chi connectivity index (χ1) is 9.81. The molecule has 0 radical (unpaired) electrons. The number of ether oxygens (including phenoxy) is 1. The maximum atomic E-state index is 5.73. The Morgan fingerprint density at radius 2 is 1.75 bits per heavy atom. The average molecular weight is 264 g/mol. The molecule has 0 amide bonds. The molecule has 3 aromatic rings. The maximum absolute atomic E-state index is 5.73. The van der Waals surface area contributed by atoms with Crippen LogP contribution in [0.5, 0.6) is 11.5 Å². The fraction of sp³-hybridized carbons (Fsp3) is 0. The highest BCUT2D eigenvalue weighted by Gasteiger charge is 2.04. The number of nitrogens with two attached hydrogens (primary N) is 1. The Hall–Kier alpha value is -2.95. The lowest BCUT2D eigenvalue weighted by Gasteiger charge is -2.06. The number of benzene rings is 1. The van der Waals surface area contributed by atoms with Gasteiger partial charge in [-0.25, -0.2) is 9.97 Å². The molecule has 0 bridgehead atoms. The van der Waals surface area contributed by atoms with E-state index in [2.05, 4.69) is 15.0 Å². The third-order valence-corrected chi connectivity index (χ3v) is 2.68. The molecule has 5 nitrogen and oxygen atoms in total. The smallest absolute Gasteiger partial charge is 0.146 e. The summed E-state index contributed by atoms with van der Waals surface area (Å²) in [6.07, 6.45) is 4.79. The Kier molecular flexibility index (Phi) is 3.24. The van der Waals surface area contributed by atoms with E-state index in [1.807, 2.05) is 36.4 Å². The van der Waals surface area contributed by atoms with Crippen LogP contribution < -0.4 is 10.5 Å². The van der Waals surface area contributed by atoms with Crippen molar-refractivity contribution in [1.29, 1.82) is 0 Å². The summed E-state index contributed by atoms with van der Waals surface area (Å²) in [5, 5.41) is 0. The number of rotatable bonds is 3. The van der Waals surface area contributed by atoms with Crippen molar-refractivity contribution in [2.75, 3.05) is 5.73 Å². The second-order valence-corrected chi connectivity index (χ2v) is 4.15. The fourth-order valence-electron chi connectivity index (χ4n) is 1.77. The second-order valence-electron chi connectivity index (χ2n) is 4.15. The lowest BCUT2D eigenvalue weighted by Crippen LogP contribution is -1.93.